The van der Waals surface area contributed by atoms with E-state index < -0.39 is 5.97 Å². The van der Waals surface area contributed by atoms with Gasteiger partial charge < -0.3 is 14.4 Å². The molecule has 1 heterocycles. The Morgan fingerprint density at radius 3 is 2.57 bits per heavy atom. The second-order valence-electron chi connectivity index (χ2n) is 5.18. The molecule has 0 aliphatic rings. The van der Waals surface area contributed by atoms with E-state index in [0.29, 0.717) is 23.9 Å². The van der Waals surface area contributed by atoms with Gasteiger partial charge >= 0.3 is 5.97 Å². The summed E-state index contributed by atoms with van der Waals surface area (Å²) in [5.41, 5.74) is 1.44. The molecule has 6 heteroatoms. The van der Waals surface area contributed by atoms with Crippen molar-refractivity contribution in [1.82, 2.24) is 9.88 Å². The lowest BCUT2D eigenvalue weighted by Crippen LogP contribution is -2.34. The molecule has 0 aliphatic carbocycles. The largest absolute Gasteiger partial charge is 0.481 e. The number of hydrogen-bond acceptors (Lipinski definition) is 4. The predicted molar refractivity (Wildman–Crippen MR) is 84.9 cm³/mol. The number of nitrogens with zero attached hydrogens (tertiary/aromatic N) is 2. The molecule has 0 fully saturated rings. The number of hydrogen-bond donors (Lipinski definition) is 1. The van der Waals surface area contributed by atoms with E-state index in [2.05, 4.69) is 4.98 Å². The van der Waals surface area contributed by atoms with Crippen LogP contribution in [0.5, 0.6) is 0 Å². The molecule has 1 aromatic heterocycles. The van der Waals surface area contributed by atoms with Crippen LogP contribution in [0.4, 0.5) is 0 Å². The van der Waals surface area contributed by atoms with Crippen molar-refractivity contribution in [3.05, 3.63) is 41.8 Å². The van der Waals surface area contributed by atoms with Gasteiger partial charge in [0.25, 0.3) is 0 Å². The molecule has 122 valence electrons. The minimum Gasteiger partial charge on any atom is -0.481 e. The van der Waals surface area contributed by atoms with Gasteiger partial charge in [-0.2, -0.15) is 0 Å². The monoisotopic (exact) mass is 316 g/mol. The fourth-order valence-electron chi connectivity index (χ4n) is 2.24. The lowest BCUT2D eigenvalue weighted by molar-refractivity contribution is -0.138. The number of likely N-dealkylation sites (N-methyl/N-ethyl adjacent to an activating group) is 1. The number of aliphatic carboxylic acids is 1. The minimum atomic E-state index is -0.916. The minimum absolute atomic E-state index is 0.0629. The predicted octanol–water partition coefficient (Wildman–Crippen LogP) is 2.52. The highest BCUT2D eigenvalue weighted by molar-refractivity contribution is 5.79. The van der Waals surface area contributed by atoms with Crippen molar-refractivity contribution >= 4 is 11.9 Å². The molecule has 0 bridgehead atoms. The molecular formula is C17H20N2O4. The Balaban J connectivity index is 2.09. The number of amides is 1. The van der Waals surface area contributed by atoms with Gasteiger partial charge in [0.2, 0.25) is 11.8 Å². The number of aryl methyl sites for hydroxylation is 1. The maximum absolute atomic E-state index is 12.3. The maximum Gasteiger partial charge on any atom is 0.305 e. The zero-order valence-corrected chi connectivity index (χ0v) is 13.3. The topological polar surface area (TPSA) is 83.6 Å². The lowest BCUT2D eigenvalue weighted by atomic mass is 10.2. The highest BCUT2D eigenvalue weighted by atomic mass is 16.4. The Morgan fingerprint density at radius 1 is 1.26 bits per heavy atom. The summed E-state index contributed by atoms with van der Waals surface area (Å²) in [5.74, 6) is 0.0240. The summed E-state index contributed by atoms with van der Waals surface area (Å²) in [6, 6.07) is 9.48. The highest BCUT2D eigenvalue weighted by Crippen LogP contribution is 2.21. The van der Waals surface area contributed by atoms with E-state index >= 15 is 0 Å². The molecule has 0 radical (unpaired) electrons. The molecule has 23 heavy (non-hydrogen) atoms. The number of rotatable bonds is 7. The second kappa shape index (κ2) is 7.58. The van der Waals surface area contributed by atoms with Gasteiger partial charge in [0, 0.05) is 18.7 Å². The summed E-state index contributed by atoms with van der Waals surface area (Å²) in [6.45, 7) is 4.27. The van der Waals surface area contributed by atoms with Gasteiger partial charge in [0.1, 0.15) is 5.76 Å². The normalized spacial score (nSPS) is 10.5. The first-order valence-electron chi connectivity index (χ1n) is 7.52. The standard InChI is InChI=1S/C17H20N2O4/c1-3-19(10-9-16(21)22)15(20)11-14-12(2)23-17(18-14)13-7-5-4-6-8-13/h4-8H,3,9-11H2,1-2H3,(H,21,22). The van der Waals surface area contributed by atoms with Gasteiger partial charge in [-0.25, -0.2) is 4.98 Å². The number of oxazole rings is 1. The van der Waals surface area contributed by atoms with Crippen LogP contribution in [0.3, 0.4) is 0 Å². The lowest BCUT2D eigenvalue weighted by Gasteiger charge is -2.19. The summed E-state index contributed by atoms with van der Waals surface area (Å²) in [7, 11) is 0. The third-order valence-corrected chi connectivity index (χ3v) is 3.56. The van der Waals surface area contributed by atoms with Gasteiger partial charge in [-0.15, -0.1) is 0 Å². The van der Waals surface area contributed by atoms with Gasteiger partial charge in [-0.1, -0.05) is 18.2 Å². The van der Waals surface area contributed by atoms with Crippen LogP contribution in [0.25, 0.3) is 11.5 Å². The Morgan fingerprint density at radius 2 is 1.96 bits per heavy atom. The number of carboxylic acid groups (broad SMARTS) is 1. The first-order chi connectivity index (χ1) is 11.0. The van der Waals surface area contributed by atoms with Crippen LogP contribution < -0.4 is 0 Å². The molecule has 6 nitrogen and oxygen atoms in total. The summed E-state index contributed by atoms with van der Waals surface area (Å²) >= 11 is 0. The van der Waals surface area contributed by atoms with Crippen LogP contribution in [0.15, 0.2) is 34.7 Å². The van der Waals surface area contributed by atoms with E-state index in [1.807, 2.05) is 37.3 Å². The molecule has 1 aromatic carbocycles. The van der Waals surface area contributed by atoms with Crippen LogP contribution in [0.2, 0.25) is 0 Å². The van der Waals surface area contributed by atoms with Crippen molar-refractivity contribution in [2.75, 3.05) is 13.1 Å². The van der Waals surface area contributed by atoms with E-state index in [-0.39, 0.29) is 25.3 Å². The van der Waals surface area contributed by atoms with Crippen LogP contribution in [0.1, 0.15) is 24.8 Å². The number of benzene rings is 1. The fraction of sp³-hybridized carbons (Fsp3) is 0.353. The highest BCUT2D eigenvalue weighted by Gasteiger charge is 2.18. The Bertz CT molecular complexity index is 679. The van der Waals surface area contributed by atoms with Crippen molar-refractivity contribution in [2.24, 2.45) is 0 Å². The smallest absolute Gasteiger partial charge is 0.305 e. The zero-order chi connectivity index (χ0) is 16.8. The van der Waals surface area contributed by atoms with Crippen molar-refractivity contribution in [1.29, 1.82) is 0 Å². The first kappa shape index (κ1) is 16.7. The van der Waals surface area contributed by atoms with E-state index in [1.165, 1.54) is 4.90 Å². The summed E-state index contributed by atoms with van der Waals surface area (Å²) in [4.78, 5) is 28.9. The third-order valence-electron chi connectivity index (χ3n) is 3.56. The van der Waals surface area contributed by atoms with Crippen molar-refractivity contribution in [3.63, 3.8) is 0 Å². The van der Waals surface area contributed by atoms with Crippen molar-refractivity contribution in [3.8, 4) is 11.5 Å². The Kier molecular flexibility index (Phi) is 5.51. The molecule has 1 N–H and O–H groups in total. The molecule has 0 atom stereocenters. The molecule has 1 amide bonds. The van der Waals surface area contributed by atoms with Crippen molar-refractivity contribution in [2.45, 2.75) is 26.7 Å². The van der Waals surface area contributed by atoms with Gasteiger partial charge in [0.05, 0.1) is 18.5 Å². The third kappa shape index (κ3) is 4.42. The SMILES string of the molecule is CCN(CCC(=O)O)C(=O)Cc1nc(-c2ccccc2)oc1C. The summed E-state index contributed by atoms with van der Waals surface area (Å²) < 4.78 is 5.64. The molecule has 0 spiro atoms. The fourth-order valence-corrected chi connectivity index (χ4v) is 2.24. The van der Waals surface area contributed by atoms with Gasteiger partial charge in [-0.05, 0) is 26.0 Å². The second-order valence-corrected chi connectivity index (χ2v) is 5.18. The zero-order valence-electron chi connectivity index (χ0n) is 13.3. The Labute approximate surface area is 134 Å². The quantitative estimate of drug-likeness (QED) is 0.848. The first-order valence-corrected chi connectivity index (χ1v) is 7.52. The molecular weight excluding hydrogens is 296 g/mol. The number of carbonyl (C=O) groups excluding carboxylic acids is 1. The number of carbonyl (C=O) groups is 2. The van der Waals surface area contributed by atoms with Crippen LogP contribution in [-0.4, -0.2) is 40.0 Å². The number of aromatic nitrogens is 1. The molecule has 0 aliphatic heterocycles. The maximum atomic E-state index is 12.3. The van der Waals surface area contributed by atoms with Crippen molar-refractivity contribution < 1.29 is 19.1 Å². The molecule has 2 aromatic rings. The van der Waals surface area contributed by atoms with E-state index in [4.69, 9.17) is 9.52 Å². The summed E-state index contributed by atoms with van der Waals surface area (Å²) in [5, 5.41) is 8.74. The van der Waals surface area contributed by atoms with Crippen LogP contribution >= 0.6 is 0 Å². The summed E-state index contributed by atoms with van der Waals surface area (Å²) in [6.07, 6.45) is 0.0439. The molecule has 0 unspecified atom stereocenters. The van der Waals surface area contributed by atoms with E-state index in [1.54, 1.807) is 6.92 Å². The van der Waals surface area contributed by atoms with Gasteiger partial charge in [-0.3, -0.25) is 9.59 Å². The molecule has 2 rings (SSSR count). The average molecular weight is 316 g/mol. The van der Waals surface area contributed by atoms with Gasteiger partial charge in [0.15, 0.2) is 0 Å². The molecule has 0 saturated carbocycles. The van der Waals surface area contributed by atoms with Crippen LogP contribution in [0, 0.1) is 6.92 Å². The van der Waals surface area contributed by atoms with E-state index in [9.17, 15) is 9.59 Å². The van der Waals surface area contributed by atoms with E-state index in [0.717, 1.165) is 5.56 Å². The van der Waals surface area contributed by atoms with Crippen LogP contribution in [-0.2, 0) is 16.0 Å². The molecule has 0 saturated heterocycles. The average Bonchev–Trinajstić information content (AvgIpc) is 2.89. The number of carboxylic acids is 1. The Hall–Kier alpha value is -2.63.